The second kappa shape index (κ2) is 7.14. The maximum absolute atomic E-state index is 12.1. The number of Topliss-reactive ketones (excluding diaryl/α,β-unsaturated/α-hetero) is 1. The summed E-state index contributed by atoms with van der Waals surface area (Å²) in [7, 11) is 0. The number of hydrogen-bond acceptors (Lipinski definition) is 5. The molecule has 1 aromatic heterocycles. The van der Waals surface area contributed by atoms with Crippen LogP contribution in [0.3, 0.4) is 0 Å². The van der Waals surface area contributed by atoms with Crippen molar-refractivity contribution in [3.8, 4) is 11.6 Å². The number of H-pyrrole nitrogens is 1. The Hall–Kier alpha value is -2.86. The summed E-state index contributed by atoms with van der Waals surface area (Å²) in [6.45, 7) is -0.0242. The lowest BCUT2D eigenvalue weighted by Gasteiger charge is -2.06. The highest BCUT2D eigenvalue weighted by Gasteiger charge is 2.10. The Morgan fingerprint density at radius 2 is 1.79 bits per heavy atom. The van der Waals surface area contributed by atoms with Crippen molar-refractivity contribution in [1.82, 2.24) is 4.98 Å². The molecular formula is C18H15NO4S. The van der Waals surface area contributed by atoms with Gasteiger partial charge in [-0.1, -0.05) is 53.8 Å². The van der Waals surface area contributed by atoms with Crippen LogP contribution in [0.4, 0.5) is 0 Å². The first-order valence-electron chi connectivity index (χ1n) is 7.33. The first kappa shape index (κ1) is 16.0. The number of thiazole rings is 1. The van der Waals surface area contributed by atoms with E-state index in [4.69, 9.17) is 4.74 Å². The summed E-state index contributed by atoms with van der Waals surface area (Å²) in [5.41, 5.74) is 1.46. The third kappa shape index (κ3) is 3.91. The van der Waals surface area contributed by atoms with Gasteiger partial charge in [-0.05, 0) is 17.7 Å². The van der Waals surface area contributed by atoms with E-state index in [9.17, 15) is 14.7 Å². The summed E-state index contributed by atoms with van der Waals surface area (Å²) in [5, 5.41) is 9.60. The number of nitrogens with one attached hydrogen (secondary N) is 1. The Kier molecular flexibility index (Phi) is 4.77. The molecule has 3 rings (SSSR count). The largest absolute Gasteiger partial charge is 0.494 e. The summed E-state index contributed by atoms with van der Waals surface area (Å²) in [4.78, 5) is 25.9. The molecule has 24 heavy (non-hydrogen) atoms. The van der Waals surface area contributed by atoms with Gasteiger partial charge in [0.05, 0.1) is 4.88 Å². The second-order valence-electron chi connectivity index (χ2n) is 5.18. The Morgan fingerprint density at radius 1 is 1.08 bits per heavy atom. The molecule has 0 aliphatic carbocycles. The number of aromatic hydroxyl groups is 1. The van der Waals surface area contributed by atoms with Crippen molar-refractivity contribution in [3.05, 3.63) is 80.3 Å². The minimum atomic E-state index is -0.285. The summed E-state index contributed by atoms with van der Waals surface area (Å²) in [5.74, 6) is 0.446. The van der Waals surface area contributed by atoms with Gasteiger partial charge in [-0.2, -0.15) is 0 Å². The van der Waals surface area contributed by atoms with Crippen LogP contribution in [0.5, 0.6) is 11.6 Å². The van der Waals surface area contributed by atoms with Gasteiger partial charge in [-0.15, -0.1) is 0 Å². The first-order valence-corrected chi connectivity index (χ1v) is 8.14. The number of para-hydroxylation sites is 1. The standard InChI is InChI=1S/C18H15NO4S/c20-15(11-23-14-4-2-1-3-5-14)13-8-6-12(7-9-13)10-16-17(21)19-18(22)24-16/h1-9,21H,10-11H2,(H,19,22). The number of ether oxygens (including phenoxy) is 1. The van der Waals surface area contributed by atoms with Gasteiger partial charge in [0.2, 0.25) is 5.88 Å². The van der Waals surface area contributed by atoms with Gasteiger partial charge in [-0.3, -0.25) is 14.6 Å². The average Bonchev–Trinajstić information content (AvgIpc) is 2.91. The van der Waals surface area contributed by atoms with E-state index >= 15 is 0 Å². The molecule has 0 radical (unpaired) electrons. The van der Waals surface area contributed by atoms with Crippen LogP contribution < -0.4 is 9.61 Å². The fourth-order valence-electron chi connectivity index (χ4n) is 2.21. The van der Waals surface area contributed by atoms with Gasteiger partial charge in [-0.25, -0.2) is 0 Å². The van der Waals surface area contributed by atoms with E-state index in [1.165, 1.54) is 0 Å². The number of aromatic amines is 1. The van der Waals surface area contributed by atoms with E-state index in [0.29, 0.717) is 22.6 Å². The van der Waals surface area contributed by atoms with Crippen LogP contribution in [0.2, 0.25) is 0 Å². The second-order valence-corrected chi connectivity index (χ2v) is 6.25. The van der Waals surface area contributed by atoms with Gasteiger partial charge >= 0.3 is 4.87 Å². The lowest BCUT2D eigenvalue weighted by molar-refractivity contribution is 0.0921. The first-order chi connectivity index (χ1) is 11.6. The minimum Gasteiger partial charge on any atom is -0.494 e. The molecule has 0 spiro atoms. The van der Waals surface area contributed by atoms with Crippen LogP contribution in [-0.2, 0) is 6.42 Å². The lowest BCUT2D eigenvalue weighted by Crippen LogP contribution is -2.11. The van der Waals surface area contributed by atoms with Gasteiger partial charge in [0.15, 0.2) is 12.4 Å². The zero-order chi connectivity index (χ0) is 16.9. The molecule has 0 aliphatic rings. The molecule has 122 valence electrons. The molecule has 0 atom stereocenters. The van der Waals surface area contributed by atoms with Crippen LogP contribution >= 0.6 is 11.3 Å². The van der Waals surface area contributed by atoms with Crippen LogP contribution in [0.25, 0.3) is 0 Å². The van der Waals surface area contributed by atoms with E-state index in [-0.39, 0.29) is 23.1 Å². The van der Waals surface area contributed by atoms with Crippen molar-refractivity contribution < 1.29 is 14.6 Å². The molecule has 1 heterocycles. The SMILES string of the molecule is O=C(COc1ccccc1)c1ccc(Cc2sc(=O)[nH]c2O)cc1. The zero-order valence-corrected chi connectivity index (χ0v) is 13.5. The predicted molar refractivity (Wildman–Crippen MR) is 92.1 cm³/mol. The Bertz CT molecular complexity index is 881. The maximum Gasteiger partial charge on any atom is 0.307 e. The molecule has 0 saturated carbocycles. The van der Waals surface area contributed by atoms with Crippen molar-refractivity contribution in [1.29, 1.82) is 0 Å². The summed E-state index contributed by atoms with van der Waals surface area (Å²) in [6.07, 6.45) is 0.435. The zero-order valence-electron chi connectivity index (χ0n) is 12.7. The van der Waals surface area contributed by atoms with Crippen molar-refractivity contribution >= 4 is 17.1 Å². The van der Waals surface area contributed by atoms with Crippen molar-refractivity contribution in [2.45, 2.75) is 6.42 Å². The number of benzene rings is 2. The van der Waals surface area contributed by atoms with Crippen molar-refractivity contribution in [2.24, 2.45) is 0 Å². The molecule has 6 heteroatoms. The highest BCUT2D eigenvalue weighted by molar-refractivity contribution is 7.09. The molecule has 0 bridgehead atoms. The Morgan fingerprint density at radius 3 is 2.42 bits per heavy atom. The molecule has 0 saturated heterocycles. The molecular weight excluding hydrogens is 326 g/mol. The fourth-order valence-corrected chi connectivity index (χ4v) is 2.97. The van der Waals surface area contributed by atoms with Crippen LogP contribution in [0.15, 0.2) is 59.4 Å². The number of rotatable bonds is 6. The molecule has 0 unspecified atom stereocenters. The average molecular weight is 341 g/mol. The summed E-state index contributed by atoms with van der Waals surface area (Å²) >= 11 is 0.977. The molecule has 0 aliphatic heterocycles. The molecule has 2 N–H and O–H groups in total. The molecule has 3 aromatic rings. The number of aromatic nitrogens is 1. The van der Waals surface area contributed by atoms with E-state index < -0.39 is 0 Å². The van der Waals surface area contributed by atoms with Crippen LogP contribution in [0.1, 0.15) is 20.8 Å². The Labute approximate surface area is 142 Å². The molecule has 0 amide bonds. The fraction of sp³-hybridized carbons (Fsp3) is 0.111. The van der Waals surface area contributed by atoms with Gasteiger partial charge < -0.3 is 9.84 Å². The third-order valence-electron chi connectivity index (χ3n) is 3.45. The van der Waals surface area contributed by atoms with Gasteiger partial charge in [0.1, 0.15) is 5.75 Å². The van der Waals surface area contributed by atoms with Gasteiger partial charge in [0, 0.05) is 12.0 Å². The quantitative estimate of drug-likeness (QED) is 0.676. The highest BCUT2D eigenvalue weighted by atomic mass is 32.1. The number of ketones is 1. The minimum absolute atomic E-state index is 0.0242. The summed E-state index contributed by atoms with van der Waals surface area (Å²) in [6, 6.07) is 16.2. The normalized spacial score (nSPS) is 10.5. The lowest BCUT2D eigenvalue weighted by atomic mass is 10.1. The third-order valence-corrected chi connectivity index (χ3v) is 4.33. The van der Waals surface area contributed by atoms with E-state index in [2.05, 4.69) is 4.98 Å². The molecule has 2 aromatic carbocycles. The van der Waals surface area contributed by atoms with E-state index in [1.807, 2.05) is 18.2 Å². The summed E-state index contributed by atoms with van der Waals surface area (Å²) < 4.78 is 5.45. The Balaban J connectivity index is 1.62. The maximum atomic E-state index is 12.1. The van der Waals surface area contributed by atoms with E-state index in [1.54, 1.807) is 36.4 Å². The van der Waals surface area contributed by atoms with Crippen molar-refractivity contribution in [2.75, 3.05) is 6.61 Å². The van der Waals surface area contributed by atoms with E-state index in [0.717, 1.165) is 16.9 Å². The molecule has 5 nitrogen and oxygen atoms in total. The topological polar surface area (TPSA) is 79.4 Å². The van der Waals surface area contributed by atoms with Crippen LogP contribution in [0, 0.1) is 0 Å². The number of hydrogen-bond donors (Lipinski definition) is 2. The molecule has 0 fully saturated rings. The predicted octanol–water partition coefficient (Wildman–Crippen LogP) is 2.99. The highest BCUT2D eigenvalue weighted by Crippen LogP contribution is 2.20. The monoisotopic (exact) mass is 341 g/mol. The van der Waals surface area contributed by atoms with Crippen molar-refractivity contribution in [3.63, 3.8) is 0 Å². The smallest absolute Gasteiger partial charge is 0.307 e. The van der Waals surface area contributed by atoms with Crippen LogP contribution in [-0.4, -0.2) is 22.5 Å². The van der Waals surface area contributed by atoms with Gasteiger partial charge in [0.25, 0.3) is 0 Å². The number of carbonyl (C=O) groups is 1. The number of carbonyl (C=O) groups excluding carboxylic acids is 1.